The van der Waals surface area contributed by atoms with E-state index in [0.717, 1.165) is 26.1 Å². The fourth-order valence-electron chi connectivity index (χ4n) is 5.71. The van der Waals surface area contributed by atoms with Crippen molar-refractivity contribution in [2.45, 2.75) is 63.5 Å². The molecule has 1 aromatic heterocycles. The Morgan fingerprint density at radius 2 is 1.35 bits per heavy atom. The van der Waals surface area contributed by atoms with Crippen molar-refractivity contribution in [3.63, 3.8) is 0 Å². The van der Waals surface area contributed by atoms with Crippen LogP contribution in [-0.2, 0) is 16.5 Å². The van der Waals surface area contributed by atoms with Crippen LogP contribution in [0.2, 0.25) is 18.1 Å². The van der Waals surface area contributed by atoms with Gasteiger partial charge >= 0.3 is 0 Å². The highest BCUT2D eigenvalue weighted by Crippen LogP contribution is 2.45. The Hall–Kier alpha value is -3.25. The zero-order valence-corrected chi connectivity index (χ0v) is 25.6. The molecular formula is C35H43N3OSi. The molecule has 1 aliphatic heterocycles. The van der Waals surface area contributed by atoms with Gasteiger partial charge in [-0.2, -0.15) is 5.10 Å². The topological polar surface area (TPSA) is 30.3 Å². The molecule has 1 aliphatic rings. The van der Waals surface area contributed by atoms with Crippen LogP contribution >= 0.6 is 0 Å². The van der Waals surface area contributed by atoms with E-state index < -0.39 is 13.9 Å². The lowest BCUT2D eigenvalue weighted by Gasteiger charge is -2.50. The molecule has 5 heteroatoms. The molecule has 2 heterocycles. The number of hydrogen-bond donors (Lipinski definition) is 0. The molecule has 4 aromatic rings. The summed E-state index contributed by atoms with van der Waals surface area (Å²) in [6.45, 7) is 14.2. The standard InChI is InChI=1S/C35H43N3OSi/c1-34(2,3)40(4,5)39-33-23-26-37(28-29(33)22-27-38-25-15-24-36-38)35(30-16-9-6-10-17-30,31-18-11-7-12-19-31)32-20-13-8-14-21-32/h6-22,24-25,33H,23,26-28H2,1-5H3/b29-22-. The number of benzene rings is 3. The van der Waals surface area contributed by atoms with Gasteiger partial charge in [0.15, 0.2) is 8.32 Å². The predicted octanol–water partition coefficient (Wildman–Crippen LogP) is 7.90. The first-order chi connectivity index (χ1) is 19.2. The van der Waals surface area contributed by atoms with E-state index in [2.05, 4.69) is 141 Å². The fraction of sp³-hybridized carbons (Fsp3) is 0.343. The molecule has 1 unspecified atom stereocenters. The monoisotopic (exact) mass is 549 g/mol. The summed E-state index contributed by atoms with van der Waals surface area (Å²) in [6.07, 6.45) is 7.30. The number of likely N-dealkylation sites (tertiary alicyclic amines) is 1. The lowest BCUT2D eigenvalue weighted by Crippen LogP contribution is -2.55. The van der Waals surface area contributed by atoms with Gasteiger partial charge in [0.2, 0.25) is 0 Å². The van der Waals surface area contributed by atoms with E-state index in [1.807, 2.05) is 23.1 Å². The summed E-state index contributed by atoms with van der Waals surface area (Å²) in [5.41, 5.74) is 4.75. The number of nitrogens with zero attached hydrogens (tertiary/aromatic N) is 3. The van der Waals surface area contributed by atoms with Crippen LogP contribution in [0, 0.1) is 0 Å². The minimum Gasteiger partial charge on any atom is -0.410 e. The second kappa shape index (κ2) is 11.7. The summed E-state index contributed by atoms with van der Waals surface area (Å²) in [7, 11) is -1.97. The summed E-state index contributed by atoms with van der Waals surface area (Å²) >= 11 is 0. The van der Waals surface area contributed by atoms with Crippen molar-refractivity contribution in [1.82, 2.24) is 14.7 Å². The highest BCUT2D eigenvalue weighted by Gasteiger charge is 2.46. The Balaban J connectivity index is 1.63. The SMILES string of the molecule is CC(C)(C)[Si](C)(C)OC1CCN(C(c2ccccc2)(c2ccccc2)c2ccccc2)C/C1=C/Cn1cccn1. The number of aromatic nitrogens is 2. The zero-order chi connectivity index (χ0) is 28.2. The van der Waals surface area contributed by atoms with Gasteiger partial charge in [-0.25, -0.2) is 0 Å². The van der Waals surface area contributed by atoms with Crippen LogP contribution < -0.4 is 0 Å². The molecule has 0 bridgehead atoms. The number of allylic oxidation sites excluding steroid dienone is 1. The minimum atomic E-state index is -1.97. The van der Waals surface area contributed by atoms with E-state index in [1.54, 1.807) is 0 Å². The third-order valence-electron chi connectivity index (χ3n) is 8.84. The second-order valence-electron chi connectivity index (χ2n) is 12.4. The van der Waals surface area contributed by atoms with E-state index in [4.69, 9.17) is 4.43 Å². The maximum atomic E-state index is 7.12. The number of piperidine rings is 1. The average molecular weight is 550 g/mol. The van der Waals surface area contributed by atoms with Crippen LogP contribution in [0.15, 0.2) is 121 Å². The van der Waals surface area contributed by atoms with E-state index in [1.165, 1.54) is 22.3 Å². The van der Waals surface area contributed by atoms with Gasteiger partial charge in [0.1, 0.15) is 0 Å². The maximum Gasteiger partial charge on any atom is 0.192 e. The van der Waals surface area contributed by atoms with Gasteiger partial charge in [0.05, 0.1) is 18.2 Å². The van der Waals surface area contributed by atoms with Gasteiger partial charge < -0.3 is 4.43 Å². The average Bonchev–Trinajstić information content (AvgIpc) is 3.48. The van der Waals surface area contributed by atoms with Crippen LogP contribution in [0.25, 0.3) is 0 Å². The highest BCUT2D eigenvalue weighted by molar-refractivity contribution is 6.74. The molecule has 208 valence electrons. The van der Waals surface area contributed by atoms with Gasteiger partial charge in [-0.15, -0.1) is 0 Å². The van der Waals surface area contributed by atoms with Crippen molar-refractivity contribution in [3.8, 4) is 0 Å². The van der Waals surface area contributed by atoms with E-state index in [9.17, 15) is 0 Å². The molecule has 0 radical (unpaired) electrons. The predicted molar refractivity (Wildman–Crippen MR) is 168 cm³/mol. The molecule has 1 fully saturated rings. The summed E-state index contributed by atoms with van der Waals surface area (Å²) in [5, 5.41) is 4.63. The first kappa shape index (κ1) is 28.3. The second-order valence-corrected chi connectivity index (χ2v) is 17.1. The van der Waals surface area contributed by atoms with Gasteiger partial charge in [-0.05, 0) is 52.9 Å². The van der Waals surface area contributed by atoms with Crippen molar-refractivity contribution in [2.75, 3.05) is 13.1 Å². The number of hydrogen-bond acceptors (Lipinski definition) is 3. The van der Waals surface area contributed by atoms with Gasteiger partial charge in [0, 0.05) is 25.5 Å². The largest absolute Gasteiger partial charge is 0.410 e. The molecule has 0 N–H and O–H groups in total. The molecular weight excluding hydrogens is 506 g/mol. The van der Waals surface area contributed by atoms with E-state index >= 15 is 0 Å². The van der Waals surface area contributed by atoms with Crippen LogP contribution in [0.5, 0.6) is 0 Å². The van der Waals surface area contributed by atoms with Crippen LogP contribution in [0.1, 0.15) is 43.9 Å². The molecule has 0 aliphatic carbocycles. The first-order valence-electron chi connectivity index (χ1n) is 14.5. The van der Waals surface area contributed by atoms with Crippen molar-refractivity contribution in [2.24, 2.45) is 0 Å². The lowest BCUT2D eigenvalue weighted by molar-refractivity contribution is 0.0900. The summed E-state index contributed by atoms with van der Waals surface area (Å²) < 4.78 is 9.11. The molecule has 5 rings (SSSR count). The van der Waals surface area contributed by atoms with Crippen LogP contribution in [0.4, 0.5) is 0 Å². The molecule has 1 saturated heterocycles. The van der Waals surface area contributed by atoms with Crippen LogP contribution in [-0.4, -0.2) is 42.2 Å². The Bertz CT molecular complexity index is 1280. The van der Waals surface area contributed by atoms with Crippen LogP contribution in [0.3, 0.4) is 0 Å². The lowest BCUT2D eigenvalue weighted by atomic mass is 9.74. The van der Waals surface area contributed by atoms with E-state index in [0.29, 0.717) is 0 Å². The maximum absolute atomic E-state index is 7.12. The van der Waals surface area contributed by atoms with Crippen molar-refractivity contribution in [3.05, 3.63) is 138 Å². The van der Waals surface area contributed by atoms with Gasteiger partial charge in [0.25, 0.3) is 0 Å². The fourth-order valence-corrected chi connectivity index (χ4v) is 7.05. The quantitative estimate of drug-likeness (QED) is 0.127. The molecule has 40 heavy (non-hydrogen) atoms. The minimum absolute atomic E-state index is 0.104. The third kappa shape index (κ3) is 5.64. The zero-order valence-electron chi connectivity index (χ0n) is 24.6. The molecule has 4 nitrogen and oxygen atoms in total. The normalized spacial score (nSPS) is 18.2. The molecule has 1 atom stereocenters. The molecule has 0 amide bonds. The smallest absolute Gasteiger partial charge is 0.192 e. The highest BCUT2D eigenvalue weighted by atomic mass is 28.4. The van der Waals surface area contributed by atoms with Crippen molar-refractivity contribution < 1.29 is 4.43 Å². The summed E-state index contributed by atoms with van der Waals surface area (Å²) in [6, 6.07) is 35.0. The van der Waals surface area contributed by atoms with Gasteiger partial charge in [-0.1, -0.05) is 118 Å². The first-order valence-corrected chi connectivity index (χ1v) is 17.4. The molecule has 0 saturated carbocycles. The summed E-state index contributed by atoms with van der Waals surface area (Å²) in [4.78, 5) is 2.67. The van der Waals surface area contributed by atoms with Crippen molar-refractivity contribution in [1.29, 1.82) is 0 Å². The third-order valence-corrected chi connectivity index (χ3v) is 13.3. The molecule has 3 aromatic carbocycles. The summed E-state index contributed by atoms with van der Waals surface area (Å²) in [5.74, 6) is 0. The van der Waals surface area contributed by atoms with Gasteiger partial charge in [-0.3, -0.25) is 9.58 Å². The van der Waals surface area contributed by atoms with E-state index in [-0.39, 0.29) is 11.1 Å². The molecule has 0 spiro atoms. The Labute approximate surface area is 241 Å². The Morgan fingerprint density at radius 3 is 1.80 bits per heavy atom. The number of rotatable bonds is 8. The Morgan fingerprint density at radius 1 is 0.825 bits per heavy atom. The van der Waals surface area contributed by atoms with Crippen molar-refractivity contribution >= 4 is 8.32 Å². The Kier molecular flexibility index (Phi) is 8.27.